The van der Waals surface area contributed by atoms with Crippen molar-refractivity contribution in [3.8, 4) is 11.1 Å². The van der Waals surface area contributed by atoms with E-state index in [1.807, 2.05) is 81.6 Å². The minimum absolute atomic E-state index is 0.250. The van der Waals surface area contributed by atoms with Crippen LogP contribution in [0.4, 0.5) is 9.80 Å². The van der Waals surface area contributed by atoms with Crippen LogP contribution in [0.5, 0.6) is 0 Å². The van der Waals surface area contributed by atoms with Gasteiger partial charge in [-0.1, -0.05) is 60.2 Å². The molecule has 5 nitrogen and oxygen atoms in total. The summed E-state index contributed by atoms with van der Waals surface area (Å²) in [5.41, 5.74) is 5.41. The van der Waals surface area contributed by atoms with Crippen molar-refractivity contribution in [2.45, 2.75) is 40.2 Å². The Morgan fingerprint density at radius 3 is 2.45 bits per heavy atom. The van der Waals surface area contributed by atoms with Gasteiger partial charge in [0.15, 0.2) is 0 Å². The van der Waals surface area contributed by atoms with Gasteiger partial charge in [0.25, 0.3) is 0 Å². The van der Waals surface area contributed by atoms with E-state index in [9.17, 15) is 9.59 Å². The van der Waals surface area contributed by atoms with Crippen LogP contribution in [0.2, 0.25) is 0 Å². The standard InChI is InChI=1S/C27H30N2O3S/c1-7-32-25(30)23-22(19-13-11-18(4)12-14-19)16-33-24(23)28-26(31)29-27(5,6)21-10-8-9-20(15-21)17(2)3/h8-16H,2,7H2,1,3-6H3,(H2,28,29,31). The fourth-order valence-corrected chi connectivity index (χ4v) is 4.42. The van der Waals surface area contributed by atoms with Gasteiger partial charge >= 0.3 is 12.0 Å². The van der Waals surface area contributed by atoms with Gasteiger partial charge < -0.3 is 10.1 Å². The molecule has 2 amide bonds. The highest BCUT2D eigenvalue weighted by Crippen LogP contribution is 2.36. The van der Waals surface area contributed by atoms with E-state index in [4.69, 9.17) is 4.74 Å². The molecule has 0 aliphatic carbocycles. The number of benzene rings is 2. The number of aryl methyl sites for hydroxylation is 1. The molecule has 1 aromatic heterocycles. The summed E-state index contributed by atoms with van der Waals surface area (Å²) >= 11 is 1.30. The number of allylic oxidation sites excluding steroid dienone is 1. The Morgan fingerprint density at radius 1 is 1.12 bits per heavy atom. The van der Waals surface area contributed by atoms with Gasteiger partial charge in [0.1, 0.15) is 10.6 Å². The fraction of sp³-hybridized carbons (Fsp3) is 0.259. The van der Waals surface area contributed by atoms with Gasteiger partial charge in [-0.3, -0.25) is 5.32 Å². The minimum Gasteiger partial charge on any atom is -0.462 e. The number of hydrogen-bond acceptors (Lipinski definition) is 4. The van der Waals surface area contributed by atoms with Crippen molar-refractivity contribution in [2.24, 2.45) is 0 Å². The monoisotopic (exact) mass is 462 g/mol. The Labute approximate surface area is 199 Å². The molecule has 0 atom stereocenters. The molecule has 0 saturated carbocycles. The first-order valence-electron chi connectivity index (χ1n) is 10.8. The number of urea groups is 1. The van der Waals surface area contributed by atoms with Gasteiger partial charge in [0.05, 0.1) is 12.1 Å². The zero-order valence-electron chi connectivity index (χ0n) is 19.7. The molecule has 3 aromatic rings. The van der Waals surface area contributed by atoms with Crippen LogP contribution in [0.1, 0.15) is 54.7 Å². The molecule has 172 valence electrons. The van der Waals surface area contributed by atoms with Crippen molar-refractivity contribution in [2.75, 3.05) is 11.9 Å². The van der Waals surface area contributed by atoms with E-state index < -0.39 is 17.5 Å². The number of rotatable bonds is 7. The smallest absolute Gasteiger partial charge is 0.341 e. The van der Waals surface area contributed by atoms with Crippen LogP contribution in [0.25, 0.3) is 16.7 Å². The normalized spacial score (nSPS) is 11.1. The molecular formula is C27H30N2O3S. The van der Waals surface area contributed by atoms with E-state index in [0.29, 0.717) is 10.6 Å². The molecule has 3 rings (SSSR count). The van der Waals surface area contributed by atoms with Gasteiger partial charge in [-0.15, -0.1) is 11.3 Å². The number of esters is 1. The van der Waals surface area contributed by atoms with E-state index in [-0.39, 0.29) is 6.61 Å². The summed E-state index contributed by atoms with van der Waals surface area (Å²) in [5.74, 6) is -0.460. The topological polar surface area (TPSA) is 67.4 Å². The van der Waals surface area contributed by atoms with Gasteiger partial charge in [0, 0.05) is 10.9 Å². The van der Waals surface area contributed by atoms with Crippen LogP contribution >= 0.6 is 11.3 Å². The molecule has 6 heteroatoms. The maximum absolute atomic E-state index is 13.0. The van der Waals surface area contributed by atoms with Crippen molar-refractivity contribution in [3.05, 3.63) is 82.7 Å². The summed E-state index contributed by atoms with van der Waals surface area (Å²) in [6, 6.07) is 15.4. The second-order valence-corrected chi connectivity index (χ2v) is 9.38. The molecule has 0 radical (unpaired) electrons. The fourth-order valence-electron chi connectivity index (χ4n) is 3.47. The van der Waals surface area contributed by atoms with Crippen LogP contribution in [0.15, 0.2) is 60.5 Å². The lowest BCUT2D eigenvalue weighted by Crippen LogP contribution is -2.43. The molecular weight excluding hydrogens is 432 g/mol. The number of carbonyl (C=O) groups excluding carboxylic acids is 2. The van der Waals surface area contributed by atoms with E-state index in [0.717, 1.165) is 33.4 Å². The largest absolute Gasteiger partial charge is 0.462 e. The average molecular weight is 463 g/mol. The predicted molar refractivity (Wildman–Crippen MR) is 137 cm³/mol. The quantitative estimate of drug-likeness (QED) is 0.372. The Balaban J connectivity index is 1.87. The predicted octanol–water partition coefficient (Wildman–Crippen LogP) is 6.99. The third-order valence-corrected chi connectivity index (χ3v) is 6.26. The molecule has 1 heterocycles. The van der Waals surface area contributed by atoms with Crippen molar-refractivity contribution in [1.82, 2.24) is 5.32 Å². The van der Waals surface area contributed by atoms with Crippen LogP contribution in [0.3, 0.4) is 0 Å². The molecule has 2 N–H and O–H groups in total. The van der Waals surface area contributed by atoms with Crippen LogP contribution < -0.4 is 10.6 Å². The maximum Gasteiger partial charge on any atom is 0.341 e. The SMILES string of the molecule is C=C(C)c1cccc(C(C)(C)NC(=O)Nc2scc(-c3ccc(C)cc3)c2C(=O)OCC)c1. The first-order chi connectivity index (χ1) is 15.6. The zero-order chi connectivity index (χ0) is 24.2. The first-order valence-corrected chi connectivity index (χ1v) is 11.7. The summed E-state index contributed by atoms with van der Waals surface area (Å²) < 4.78 is 5.29. The number of anilines is 1. The Hall–Kier alpha value is -3.38. The Kier molecular flexibility index (Phi) is 7.39. The van der Waals surface area contributed by atoms with Crippen LogP contribution in [-0.2, 0) is 10.3 Å². The second kappa shape index (κ2) is 10.0. The number of carbonyl (C=O) groups is 2. The van der Waals surface area contributed by atoms with E-state index >= 15 is 0 Å². The van der Waals surface area contributed by atoms with Gasteiger partial charge in [-0.25, -0.2) is 9.59 Å². The van der Waals surface area contributed by atoms with Crippen LogP contribution in [0, 0.1) is 6.92 Å². The summed E-state index contributed by atoms with van der Waals surface area (Å²) in [4.78, 5) is 25.7. The van der Waals surface area contributed by atoms with Crippen molar-refractivity contribution >= 4 is 33.9 Å². The van der Waals surface area contributed by atoms with Gasteiger partial charge in [-0.2, -0.15) is 0 Å². The van der Waals surface area contributed by atoms with Gasteiger partial charge in [0.2, 0.25) is 0 Å². The van der Waals surface area contributed by atoms with Crippen molar-refractivity contribution < 1.29 is 14.3 Å². The number of thiophene rings is 1. The summed E-state index contributed by atoms with van der Waals surface area (Å²) in [6.07, 6.45) is 0. The summed E-state index contributed by atoms with van der Waals surface area (Å²) in [5, 5.41) is 8.20. The highest BCUT2D eigenvalue weighted by molar-refractivity contribution is 7.15. The highest BCUT2D eigenvalue weighted by Gasteiger charge is 2.26. The molecule has 0 aliphatic rings. The lowest BCUT2D eigenvalue weighted by molar-refractivity contribution is 0.0529. The van der Waals surface area contributed by atoms with Crippen molar-refractivity contribution in [1.29, 1.82) is 0 Å². The third-order valence-electron chi connectivity index (χ3n) is 5.36. The zero-order valence-corrected chi connectivity index (χ0v) is 20.6. The maximum atomic E-state index is 13.0. The molecule has 0 aliphatic heterocycles. The molecule has 33 heavy (non-hydrogen) atoms. The van der Waals surface area contributed by atoms with E-state index in [1.54, 1.807) is 6.92 Å². The molecule has 0 unspecified atom stereocenters. The summed E-state index contributed by atoms with van der Waals surface area (Å²) in [6.45, 7) is 13.8. The number of hydrogen-bond donors (Lipinski definition) is 2. The second-order valence-electron chi connectivity index (χ2n) is 8.51. The van der Waals surface area contributed by atoms with Crippen molar-refractivity contribution in [3.63, 3.8) is 0 Å². The molecule has 0 spiro atoms. The molecule has 2 aromatic carbocycles. The molecule has 0 fully saturated rings. The molecule has 0 saturated heterocycles. The Bertz CT molecular complexity index is 1180. The summed E-state index contributed by atoms with van der Waals surface area (Å²) in [7, 11) is 0. The number of nitrogens with one attached hydrogen (secondary N) is 2. The van der Waals surface area contributed by atoms with Crippen LogP contribution in [-0.4, -0.2) is 18.6 Å². The Morgan fingerprint density at radius 2 is 1.82 bits per heavy atom. The lowest BCUT2D eigenvalue weighted by atomic mass is 9.92. The third kappa shape index (κ3) is 5.71. The average Bonchev–Trinajstić information content (AvgIpc) is 3.17. The lowest BCUT2D eigenvalue weighted by Gasteiger charge is -2.27. The molecule has 0 bridgehead atoms. The minimum atomic E-state index is -0.642. The number of ether oxygens (including phenoxy) is 1. The highest BCUT2D eigenvalue weighted by atomic mass is 32.1. The number of amides is 2. The van der Waals surface area contributed by atoms with E-state index in [1.165, 1.54) is 11.3 Å². The van der Waals surface area contributed by atoms with E-state index in [2.05, 4.69) is 17.2 Å². The van der Waals surface area contributed by atoms with Gasteiger partial charge in [-0.05, 0) is 57.4 Å². The first kappa shape index (κ1) is 24.3.